The van der Waals surface area contributed by atoms with Crippen molar-refractivity contribution in [3.8, 4) is 5.75 Å². The van der Waals surface area contributed by atoms with E-state index in [0.29, 0.717) is 25.4 Å². The van der Waals surface area contributed by atoms with Gasteiger partial charge < -0.3 is 15.0 Å². The van der Waals surface area contributed by atoms with Crippen molar-refractivity contribution < 1.29 is 14.3 Å². The molecule has 0 heterocycles. The molecule has 0 aromatic heterocycles. The molecule has 1 atom stereocenters. The van der Waals surface area contributed by atoms with Crippen LogP contribution in [0.1, 0.15) is 30.5 Å². The van der Waals surface area contributed by atoms with Gasteiger partial charge in [-0.15, -0.1) is 0 Å². The molecular weight excluding hydrogens is 504 g/mol. The van der Waals surface area contributed by atoms with Gasteiger partial charge in [0.1, 0.15) is 11.8 Å². The summed E-state index contributed by atoms with van der Waals surface area (Å²) in [5.41, 5.74) is 2.85. The van der Waals surface area contributed by atoms with Gasteiger partial charge in [-0.3, -0.25) is 9.59 Å². The minimum atomic E-state index is -0.634. The van der Waals surface area contributed by atoms with Crippen LogP contribution in [-0.4, -0.2) is 36.4 Å². The Morgan fingerprint density at radius 2 is 1.51 bits per heavy atom. The second-order valence-electron chi connectivity index (χ2n) is 9.02. The van der Waals surface area contributed by atoms with Crippen LogP contribution in [0, 0.1) is 5.92 Å². The van der Waals surface area contributed by atoms with Crippen molar-refractivity contribution in [2.75, 3.05) is 13.7 Å². The largest absolute Gasteiger partial charge is 0.497 e. The average molecular weight is 537 g/mol. The van der Waals surface area contributed by atoms with Crippen molar-refractivity contribution in [2.45, 2.75) is 39.3 Å². The van der Waals surface area contributed by atoms with Crippen molar-refractivity contribution >= 4 is 27.7 Å². The standard InChI is InChI=1S/C29H33BrN2O3/c1-21(2)19-31-29(34)27(17-22-7-5-4-6-8-22)32(20-24-9-13-25(30)14-10-24)28(33)18-23-11-15-26(35-3)16-12-23/h4-16,21,27H,17-20H2,1-3H3,(H,31,34)/t27-/m0/s1. The number of methoxy groups -OCH3 is 1. The SMILES string of the molecule is COc1ccc(CC(=O)N(Cc2ccc(Br)cc2)[C@@H](Cc2ccccc2)C(=O)NCC(C)C)cc1. The van der Waals surface area contributed by atoms with Crippen LogP contribution in [0.15, 0.2) is 83.3 Å². The predicted octanol–water partition coefficient (Wildman–Crippen LogP) is 5.41. The minimum absolute atomic E-state index is 0.0984. The fourth-order valence-corrected chi connectivity index (χ4v) is 4.05. The Kier molecular flexibility index (Phi) is 9.91. The summed E-state index contributed by atoms with van der Waals surface area (Å²) in [5.74, 6) is 0.815. The zero-order valence-corrected chi connectivity index (χ0v) is 22.1. The number of benzene rings is 3. The Labute approximate surface area is 216 Å². The first kappa shape index (κ1) is 26.5. The topological polar surface area (TPSA) is 58.6 Å². The van der Waals surface area contributed by atoms with Crippen LogP contribution < -0.4 is 10.1 Å². The van der Waals surface area contributed by atoms with Crippen LogP contribution in [0.2, 0.25) is 0 Å². The molecule has 1 N–H and O–H groups in total. The lowest BCUT2D eigenvalue weighted by Crippen LogP contribution is -2.51. The number of carbonyl (C=O) groups is 2. The maximum atomic E-state index is 13.7. The summed E-state index contributed by atoms with van der Waals surface area (Å²) in [4.78, 5) is 28.9. The molecule has 0 aliphatic carbocycles. The van der Waals surface area contributed by atoms with Crippen LogP contribution in [-0.2, 0) is 29.0 Å². The quantitative estimate of drug-likeness (QED) is 0.356. The molecule has 0 spiro atoms. The molecule has 3 rings (SSSR count). The molecule has 0 saturated carbocycles. The highest BCUT2D eigenvalue weighted by molar-refractivity contribution is 9.10. The van der Waals surface area contributed by atoms with Gasteiger partial charge in [-0.05, 0) is 46.9 Å². The number of rotatable bonds is 11. The smallest absolute Gasteiger partial charge is 0.243 e. The van der Waals surface area contributed by atoms with Crippen molar-refractivity contribution in [3.63, 3.8) is 0 Å². The van der Waals surface area contributed by atoms with Crippen LogP contribution in [0.3, 0.4) is 0 Å². The second kappa shape index (κ2) is 13.1. The van der Waals surface area contributed by atoms with Gasteiger partial charge in [0, 0.05) is 24.0 Å². The predicted molar refractivity (Wildman–Crippen MR) is 143 cm³/mol. The lowest BCUT2D eigenvalue weighted by atomic mass is 10.0. The van der Waals surface area contributed by atoms with Gasteiger partial charge in [-0.2, -0.15) is 0 Å². The normalized spacial score (nSPS) is 11.7. The van der Waals surface area contributed by atoms with Gasteiger partial charge in [-0.25, -0.2) is 0 Å². The fraction of sp³-hybridized carbons (Fsp3) is 0.310. The molecule has 0 radical (unpaired) electrons. The maximum Gasteiger partial charge on any atom is 0.243 e. The van der Waals surface area contributed by atoms with Gasteiger partial charge in [0.2, 0.25) is 11.8 Å². The second-order valence-corrected chi connectivity index (χ2v) is 9.93. The van der Waals surface area contributed by atoms with E-state index in [1.807, 2.05) is 78.9 Å². The summed E-state index contributed by atoms with van der Waals surface area (Å²) in [6.07, 6.45) is 0.638. The number of halogens is 1. The lowest BCUT2D eigenvalue weighted by Gasteiger charge is -2.32. The molecule has 0 aliphatic heterocycles. The van der Waals surface area contributed by atoms with Crippen molar-refractivity contribution in [3.05, 3.63) is 100 Å². The van der Waals surface area contributed by atoms with Crippen molar-refractivity contribution in [2.24, 2.45) is 5.92 Å². The van der Waals surface area contributed by atoms with E-state index in [1.165, 1.54) is 0 Å². The van der Waals surface area contributed by atoms with E-state index in [2.05, 4.69) is 35.1 Å². The Morgan fingerprint density at radius 3 is 2.11 bits per heavy atom. The monoisotopic (exact) mass is 536 g/mol. The Hall–Kier alpha value is -3.12. The van der Waals surface area contributed by atoms with E-state index in [9.17, 15) is 9.59 Å². The molecule has 2 amide bonds. The van der Waals surface area contributed by atoms with Gasteiger partial charge in [0.05, 0.1) is 13.5 Å². The zero-order chi connectivity index (χ0) is 25.2. The molecule has 0 saturated heterocycles. The van der Waals surface area contributed by atoms with E-state index in [-0.39, 0.29) is 18.2 Å². The molecule has 0 fully saturated rings. The number of hydrogen-bond donors (Lipinski definition) is 1. The zero-order valence-electron chi connectivity index (χ0n) is 20.5. The third-order valence-corrected chi connectivity index (χ3v) is 6.26. The molecule has 0 bridgehead atoms. The number of nitrogens with zero attached hydrogens (tertiary/aromatic N) is 1. The summed E-state index contributed by atoms with van der Waals surface area (Å²) >= 11 is 3.47. The van der Waals surface area contributed by atoms with Gasteiger partial charge in [-0.1, -0.05) is 84.4 Å². The van der Waals surface area contributed by atoms with Crippen LogP contribution in [0.4, 0.5) is 0 Å². The Bertz CT molecular complexity index is 1080. The van der Waals surface area contributed by atoms with Crippen LogP contribution in [0.5, 0.6) is 5.75 Å². The first-order valence-electron chi connectivity index (χ1n) is 11.8. The summed E-state index contributed by atoms with van der Waals surface area (Å²) in [7, 11) is 1.62. The fourth-order valence-electron chi connectivity index (χ4n) is 3.78. The van der Waals surface area contributed by atoms with Crippen molar-refractivity contribution in [1.82, 2.24) is 10.2 Å². The summed E-state index contributed by atoms with van der Waals surface area (Å²) in [6.45, 7) is 5.01. The first-order chi connectivity index (χ1) is 16.9. The molecular formula is C29H33BrN2O3. The van der Waals surface area contributed by atoms with E-state index in [0.717, 1.165) is 26.9 Å². The van der Waals surface area contributed by atoms with E-state index < -0.39 is 6.04 Å². The summed E-state index contributed by atoms with van der Waals surface area (Å²) < 4.78 is 6.21. The van der Waals surface area contributed by atoms with E-state index >= 15 is 0 Å². The first-order valence-corrected chi connectivity index (χ1v) is 12.6. The highest BCUT2D eigenvalue weighted by Gasteiger charge is 2.30. The third kappa shape index (κ3) is 8.25. The van der Waals surface area contributed by atoms with Gasteiger partial charge in [0.25, 0.3) is 0 Å². The average Bonchev–Trinajstić information content (AvgIpc) is 2.86. The molecule has 0 unspecified atom stereocenters. The molecule has 184 valence electrons. The number of ether oxygens (including phenoxy) is 1. The molecule has 3 aromatic rings. The molecule has 35 heavy (non-hydrogen) atoms. The molecule has 5 nitrogen and oxygen atoms in total. The minimum Gasteiger partial charge on any atom is -0.497 e. The number of nitrogens with one attached hydrogen (secondary N) is 1. The van der Waals surface area contributed by atoms with Crippen LogP contribution in [0.25, 0.3) is 0 Å². The lowest BCUT2D eigenvalue weighted by molar-refractivity contribution is -0.140. The van der Waals surface area contributed by atoms with Crippen LogP contribution >= 0.6 is 15.9 Å². The number of amides is 2. The molecule has 0 aliphatic rings. The maximum absolute atomic E-state index is 13.7. The number of carbonyl (C=O) groups excluding carboxylic acids is 2. The molecule has 3 aromatic carbocycles. The van der Waals surface area contributed by atoms with Gasteiger partial charge in [0.15, 0.2) is 0 Å². The summed E-state index contributed by atoms with van der Waals surface area (Å²) in [5, 5.41) is 3.05. The molecule has 6 heteroatoms. The van der Waals surface area contributed by atoms with Crippen molar-refractivity contribution in [1.29, 1.82) is 0 Å². The van der Waals surface area contributed by atoms with Gasteiger partial charge >= 0.3 is 0 Å². The third-order valence-electron chi connectivity index (χ3n) is 5.74. The highest BCUT2D eigenvalue weighted by Crippen LogP contribution is 2.19. The Balaban J connectivity index is 1.93. The highest BCUT2D eigenvalue weighted by atomic mass is 79.9. The summed E-state index contributed by atoms with van der Waals surface area (Å²) in [6, 6.07) is 24.5. The van der Waals surface area contributed by atoms with E-state index in [4.69, 9.17) is 4.74 Å². The van der Waals surface area contributed by atoms with E-state index in [1.54, 1.807) is 12.0 Å². The number of hydrogen-bond acceptors (Lipinski definition) is 3. The Morgan fingerprint density at radius 1 is 0.886 bits per heavy atom.